The van der Waals surface area contributed by atoms with Gasteiger partial charge in [-0.3, -0.25) is 0 Å². The molecular formula is C11H18ClN3O. The number of aryl methyl sites for hydroxylation is 1. The summed E-state index contributed by atoms with van der Waals surface area (Å²) in [5.74, 6) is 1.38. The first-order valence-electron chi connectivity index (χ1n) is 5.32. The molecule has 0 bridgehead atoms. The molecule has 0 fully saturated rings. The van der Waals surface area contributed by atoms with Gasteiger partial charge in [-0.2, -0.15) is 0 Å². The third kappa shape index (κ3) is 4.33. The zero-order valence-electron chi connectivity index (χ0n) is 10.2. The molecule has 0 spiro atoms. The molecule has 0 aliphatic carbocycles. The maximum absolute atomic E-state index is 5.84. The number of rotatable bonds is 5. The summed E-state index contributed by atoms with van der Waals surface area (Å²) in [5, 5.41) is 3.64. The Balaban J connectivity index is 2.60. The first-order valence-corrected chi connectivity index (χ1v) is 5.70. The molecule has 1 aromatic heterocycles. The van der Waals surface area contributed by atoms with E-state index in [-0.39, 0.29) is 5.60 Å². The summed E-state index contributed by atoms with van der Waals surface area (Å²) in [6.45, 7) is 9.21. The highest BCUT2D eigenvalue weighted by Crippen LogP contribution is 2.14. The molecule has 0 aliphatic rings. The van der Waals surface area contributed by atoms with Gasteiger partial charge in [-0.05, 0) is 27.7 Å². The number of nitrogens with one attached hydrogen (secondary N) is 1. The molecule has 1 rings (SSSR count). The van der Waals surface area contributed by atoms with Gasteiger partial charge in [-0.25, -0.2) is 9.97 Å². The number of aromatic nitrogens is 2. The monoisotopic (exact) mass is 243 g/mol. The Morgan fingerprint density at radius 1 is 1.44 bits per heavy atom. The number of ether oxygens (including phenoxy) is 1. The maximum Gasteiger partial charge on any atom is 0.134 e. The normalized spacial score (nSPS) is 11.6. The molecule has 90 valence electrons. The van der Waals surface area contributed by atoms with Gasteiger partial charge >= 0.3 is 0 Å². The Labute approximate surface area is 101 Å². The number of hydrogen-bond acceptors (Lipinski definition) is 4. The van der Waals surface area contributed by atoms with E-state index in [0.29, 0.717) is 24.1 Å². The van der Waals surface area contributed by atoms with Crippen molar-refractivity contribution >= 4 is 17.4 Å². The van der Waals surface area contributed by atoms with E-state index in [1.807, 2.05) is 27.7 Å². The second-order valence-corrected chi connectivity index (χ2v) is 4.56. The van der Waals surface area contributed by atoms with Crippen LogP contribution in [0.15, 0.2) is 6.07 Å². The van der Waals surface area contributed by atoms with Crippen LogP contribution in [0.1, 0.15) is 26.6 Å². The van der Waals surface area contributed by atoms with Gasteiger partial charge in [0, 0.05) is 19.2 Å². The largest absolute Gasteiger partial charge is 0.374 e. The number of halogens is 1. The molecule has 5 heteroatoms. The van der Waals surface area contributed by atoms with Crippen LogP contribution in [0.5, 0.6) is 0 Å². The Kier molecular flexibility index (Phi) is 4.50. The maximum atomic E-state index is 5.84. The second-order valence-electron chi connectivity index (χ2n) is 4.17. The molecule has 0 aromatic carbocycles. The van der Waals surface area contributed by atoms with Gasteiger partial charge in [0.15, 0.2) is 0 Å². The number of anilines is 1. The lowest BCUT2D eigenvalue weighted by Gasteiger charge is -2.25. The van der Waals surface area contributed by atoms with E-state index in [4.69, 9.17) is 16.3 Å². The molecule has 1 aromatic rings. The van der Waals surface area contributed by atoms with E-state index in [0.717, 1.165) is 5.82 Å². The molecule has 16 heavy (non-hydrogen) atoms. The Morgan fingerprint density at radius 3 is 2.69 bits per heavy atom. The van der Waals surface area contributed by atoms with Crippen LogP contribution >= 0.6 is 11.6 Å². The van der Waals surface area contributed by atoms with Crippen LogP contribution < -0.4 is 5.32 Å². The lowest BCUT2D eigenvalue weighted by atomic mass is 10.1. The summed E-state index contributed by atoms with van der Waals surface area (Å²) in [4.78, 5) is 8.23. The van der Waals surface area contributed by atoms with Gasteiger partial charge in [0.25, 0.3) is 0 Å². The topological polar surface area (TPSA) is 47.0 Å². The van der Waals surface area contributed by atoms with Crippen LogP contribution in [0, 0.1) is 6.92 Å². The van der Waals surface area contributed by atoms with Crippen LogP contribution in [-0.4, -0.2) is 28.7 Å². The minimum atomic E-state index is -0.222. The van der Waals surface area contributed by atoms with Crippen molar-refractivity contribution < 1.29 is 4.74 Å². The summed E-state index contributed by atoms with van der Waals surface area (Å²) in [7, 11) is 0. The van der Waals surface area contributed by atoms with Gasteiger partial charge in [-0.1, -0.05) is 11.6 Å². The van der Waals surface area contributed by atoms with Crippen molar-refractivity contribution in [1.29, 1.82) is 0 Å². The lowest BCUT2D eigenvalue weighted by Crippen LogP contribution is -2.33. The van der Waals surface area contributed by atoms with E-state index in [1.54, 1.807) is 6.07 Å². The van der Waals surface area contributed by atoms with Crippen LogP contribution in [-0.2, 0) is 4.74 Å². The molecule has 0 amide bonds. The third-order valence-corrected chi connectivity index (χ3v) is 2.23. The van der Waals surface area contributed by atoms with Crippen LogP contribution in [0.3, 0.4) is 0 Å². The number of hydrogen-bond donors (Lipinski definition) is 1. The summed E-state index contributed by atoms with van der Waals surface area (Å²) in [5.41, 5.74) is -0.222. The smallest absolute Gasteiger partial charge is 0.134 e. The Hall–Kier alpha value is -0.870. The van der Waals surface area contributed by atoms with E-state index in [9.17, 15) is 0 Å². The highest BCUT2D eigenvalue weighted by atomic mass is 35.5. The molecule has 0 saturated carbocycles. The van der Waals surface area contributed by atoms with Crippen molar-refractivity contribution in [3.05, 3.63) is 17.0 Å². The van der Waals surface area contributed by atoms with E-state index in [1.165, 1.54) is 0 Å². The van der Waals surface area contributed by atoms with Crippen LogP contribution in [0.4, 0.5) is 5.82 Å². The average molecular weight is 244 g/mol. The summed E-state index contributed by atoms with van der Waals surface area (Å²) < 4.78 is 5.57. The van der Waals surface area contributed by atoms with Gasteiger partial charge < -0.3 is 10.1 Å². The molecule has 1 heterocycles. The van der Waals surface area contributed by atoms with Crippen molar-refractivity contribution in [3.63, 3.8) is 0 Å². The molecular weight excluding hydrogens is 226 g/mol. The van der Waals surface area contributed by atoms with E-state index < -0.39 is 0 Å². The van der Waals surface area contributed by atoms with Crippen molar-refractivity contribution in [1.82, 2.24) is 9.97 Å². The zero-order valence-corrected chi connectivity index (χ0v) is 10.9. The first kappa shape index (κ1) is 13.2. The predicted molar refractivity (Wildman–Crippen MR) is 66.0 cm³/mol. The molecule has 0 saturated heterocycles. The minimum absolute atomic E-state index is 0.222. The second kappa shape index (κ2) is 5.46. The fraction of sp³-hybridized carbons (Fsp3) is 0.636. The quantitative estimate of drug-likeness (QED) is 0.808. The van der Waals surface area contributed by atoms with Crippen molar-refractivity contribution in [2.24, 2.45) is 0 Å². The minimum Gasteiger partial charge on any atom is -0.374 e. The molecule has 0 atom stereocenters. The summed E-state index contributed by atoms with van der Waals surface area (Å²) in [6.07, 6.45) is 0. The van der Waals surface area contributed by atoms with E-state index >= 15 is 0 Å². The van der Waals surface area contributed by atoms with Gasteiger partial charge in [0.05, 0.1) is 5.60 Å². The molecule has 0 aliphatic heterocycles. The highest BCUT2D eigenvalue weighted by molar-refractivity contribution is 6.29. The van der Waals surface area contributed by atoms with Crippen LogP contribution in [0.25, 0.3) is 0 Å². The lowest BCUT2D eigenvalue weighted by molar-refractivity contribution is 0.000638. The predicted octanol–water partition coefficient (Wildman–Crippen LogP) is 2.67. The van der Waals surface area contributed by atoms with Crippen molar-refractivity contribution in [2.45, 2.75) is 33.3 Å². The van der Waals surface area contributed by atoms with Crippen molar-refractivity contribution in [3.8, 4) is 0 Å². The number of nitrogens with zero attached hydrogens (tertiary/aromatic N) is 2. The van der Waals surface area contributed by atoms with Gasteiger partial charge in [0.1, 0.15) is 16.8 Å². The van der Waals surface area contributed by atoms with Gasteiger partial charge in [-0.15, -0.1) is 0 Å². The van der Waals surface area contributed by atoms with Crippen LogP contribution in [0.2, 0.25) is 5.15 Å². The molecule has 1 N–H and O–H groups in total. The molecule has 0 unspecified atom stereocenters. The summed E-state index contributed by atoms with van der Waals surface area (Å²) in [6, 6.07) is 1.70. The molecule has 4 nitrogen and oxygen atoms in total. The fourth-order valence-corrected chi connectivity index (χ4v) is 1.59. The first-order chi connectivity index (χ1) is 7.43. The Morgan fingerprint density at radius 2 is 2.12 bits per heavy atom. The highest BCUT2D eigenvalue weighted by Gasteiger charge is 2.17. The Bertz CT molecular complexity index is 335. The zero-order chi connectivity index (χ0) is 12.2. The van der Waals surface area contributed by atoms with Gasteiger partial charge in [0.2, 0.25) is 0 Å². The standard InChI is InChI=1S/C11H18ClN3O/c1-5-16-11(3,4)7-13-10-6-9(12)14-8(2)15-10/h6H,5,7H2,1-4H3,(H,13,14,15). The average Bonchev–Trinajstić information content (AvgIpc) is 2.13. The fourth-order valence-electron chi connectivity index (χ4n) is 1.37. The third-order valence-electron chi connectivity index (χ3n) is 2.04. The van der Waals surface area contributed by atoms with Crippen molar-refractivity contribution in [2.75, 3.05) is 18.5 Å². The SMILES string of the molecule is CCOC(C)(C)CNc1cc(Cl)nc(C)n1. The van der Waals surface area contributed by atoms with E-state index in [2.05, 4.69) is 15.3 Å². The molecule has 0 radical (unpaired) electrons. The summed E-state index contributed by atoms with van der Waals surface area (Å²) >= 11 is 5.84.